The molecule has 1 N–H and O–H groups in total. The molecule has 0 radical (unpaired) electrons. The average Bonchev–Trinajstić information content (AvgIpc) is 1.98. The summed E-state index contributed by atoms with van der Waals surface area (Å²) in [5.74, 6) is 0. The second kappa shape index (κ2) is 6.20. The Morgan fingerprint density at radius 1 is 1.90 bits per heavy atom. The maximum absolute atomic E-state index is 10.4. The number of nitrogens with one attached hydrogen (secondary N) is 1. The van der Waals surface area contributed by atoms with Gasteiger partial charge in [-0.1, -0.05) is 11.6 Å². The van der Waals surface area contributed by atoms with Crippen molar-refractivity contribution in [3.8, 4) is 0 Å². The number of hydrogen-bond acceptors (Lipinski definition) is 2. The van der Waals surface area contributed by atoms with Crippen LogP contribution in [0, 0.1) is 0 Å². The van der Waals surface area contributed by atoms with Gasteiger partial charge in [-0.05, 0) is 6.08 Å². The first-order chi connectivity index (χ1) is 4.81. The van der Waals surface area contributed by atoms with E-state index in [1.165, 1.54) is 12.6 Å². The average molecular weight is 162 g/mol. The zero-order valence-electron chi connectivity index (χ0n) is 5.56. The lowest BCUT2D eigenvalue weighted by Crippen LogP contribution is -2.22. The van der Waals surface area contributed by atoms with Gasteiger partial charge in [0.2, 0.25) is 0 Å². The summed E-state index contributed by atoms with van der Waals surface area (Å²) >= 11 is 5.14. The van der Waals surface area contributed by atoms with E-state index < -0.39 is 6.09 Å². The van der Waals surface area contributed by atoms with Crippen LogP contribution in [0.15, 0.2) is 17.3 Å². The summed E-state index contributed by atoms with van der Waals surface area (Å²) in [5, 5.41) is 2.41. The summed E-state index contributed by atoms with van der Waals surface area (Å²) in [6.45, 7) is 0.371. The number of amides is 1. The van der Waals surface area contributed by atoms with E-state index in [2.05, 4.69) is 15.8 Å². The molecule has 0 aromatic rings. The van der Waals surface area contributed by atoms with Crippen molar-refractivity contribution in [3.63, 3.8) is 0 Å². The Kier molecular flexibility index (Phi) is 5.63. The highest BCUT2D eigenvalue weighted by Crippen LogP contribution is 1.73. The topological polar surface area (TPSA) is 38.3 Å². The molecule has 0 unspecified atom stereocenters. The predicted octanol–water partition coefficient (Wildman–Crippen LogP) is 1.25. The summed E-state index contributed by atoms with van der Waals surface area (Å²) in [7, 11) is 1.30. The molecule has 0 bridgehead atoms. The molecular formula is C6H8ClNO2. The van der Waals surface area contributed by atoms with Crippen LogP contribution in [0.25, 0.3) is 0 Å². The van der Waals surface area contributed by atoms with Crippen LogP contribution in [-0.2, 0) is 4.74 Å². The summed E-state index contributed by atoms with van der Waals surface area (Å²) in [4.78, 5) is 10.4. The van der Waals surface area contributed by atoms with E-state index in [0.717, 1.165) is 0 Å². The molecule has 0 aliphatic carbocycles. The fourth-order valence-corrected chi connectivity index (χ4v) is 0.399. The first-order valence-corrected chi connectivity index (χ1v) is 3.06. The first kappa shape index (κ1) is 9.08. The van der Waals surface area contributed by atoms with Gasteiger partial charge in [-0.25, -0.2) is 4.79 Å². The lowest BCUT2D eigenvalue weighted by molar-refractivity contribution is 0.172. The van der Waals surface area contributed by atoms with Gasteiger partial charge in [-0.3, -0.25) is 0 Å². The van der Waals surface area contributed by atoms with Gasteiger partial charge in [0.1, 0.15) is 0 Å². The number of carbonyl (C=O) groups is 1. The van der Waals surface area contributed by atoms with Crippen molar-refractivity contribution in [2.75, 3.05) is 13.7 Å². The molecule has 4 heteroatoms. The number of halogens is 1. The summed E-state index contributed by atoms with van der Waals surface area (Å²) < 4.78 is 4.29. The molecule has 1 amide bonds. The van der Waals surface area contributed by atoms with Crippen LogP contribution in [0.2, 0.25) is 0 Å². The van der Waals surface area contributed by atoms with Gasteiger partial charge >= 0.3 is 6.09 Å². The molecule has 0 saturated carbocycles. The Hall–Kier alpha value is -0.920. The van der Waals surface area contributed by atoms with Crippen LogP contribution in [0.1, 0.15) is 0 Å². The number of methoxy groups -OCH3 is 1. The van der Waals surface area contributed by atoms with Crippen molar-refractivity contribution in [2.24, 2.45) is 0 Å². The Balaban J connectivity index is 3.37. The second-order valence-electron chi connectivity index (χ2n) is 1.35. The van der Waals surface area contributed by atoms with E-state index in [-0.39, 0.29) is 0 Å². The van der Waals surface area contributed by atoms with Crippen molar-refractivity contribution in [3.05, 3.63) is 17.3 Å². The Labute approximate surface area is 64.3 Å². The highest BCUT2D eigenvalue weighted by Gasteiger charge is 1.91. The van der Waals surface area contributed by atoms with E-state index >= 15 is 0 Å². The molecule has 0 saturated heterocycles. The van der Waals surface area contributed by atoms with Crippen LogP contribution < -0.4 is 5.32 Å². The van der Waals surface area contributed by atoms with Gasteiger partial charge in [0.25, 0.3) is 0 Å². The molecule has 0 aromatic carbocycles. The minimum absolute atomic E-state index is 0.371. The summed E-state index contributed by atoms with van der Waals surface area (Å²) in [5.41, 5.74) is 3.81. The number of rotatable bonds is 2. The SMILES string of the molecule is COC(=O)NCC=C=CCl. The van der Waals surface area contributed by atoms with Crippen LogP contribution >= 0.6 is 11.6 Å². The molecule has 3 nitrogen and oxygen atoms in total. The number of hydrogen-bond donors (Lipinski definition) is 1. The predicted molar refractivity (Wildman–Crippen MR) is 38.9 cm³/mol. The lowest BCUT2D eigenvalue weighted by atomic mass is 10.6. The molecule has 10 heavy (non-hydrogen) atoms. The summed E-state index contributed by atoms with van der Waals surface area (Å²) in [6, 6.07) is 0. The van der Waals surface area contributed by atoms with E-state index in [1.807, 2.05) is 0 Å². The minimum atomic E-state index is -0.465. The van der Waals surface area contributed by atoms with Crippen LogP contribution in [0.5, 0.6) is 0 Å². The van der Waals surface area contributed by atoms with Gasteiger partial charge in [0, 0.05) is 12.1 Å². The van der Waals surface area contributed by atoms with Crippen LogP contribution in [0.4, 0.5) is 4.79 Å². The van der Waals surface area contributed by atoms with Gasteiger partial charge in [0.05, 0.1) is 7.11 Å². The standard InChI is InChI=1S/C6H8ClNO2/c1-10-6(9)8-5-3-2-4-7/h3-4H,5H2,1H3,(H,8,9). The monoisotopic (exact) mass is 161 g/mol. The Morgan fingerprint density at radius 3 is 3.10 bits per heavy atom. The van der Waals surface area contributed by atoms with E-state index in [9.17, 15) is 4.79 Å². The molecule has 0 aromatic heterocycles. The van der Waals surface area contributed by atoms with Gasteiger partial charge in [-0.15, -0.1) is 5.73 Å². The smallest absolute Gasteiger partial charge is 0.407 e. The van der Waals surface area contributed by atoms with Crippen molar-refractivity contribution >= 4 is 17.7 Å². The van der Waals surface area contributed by atoms with E-state index in [1.54, 1.807) is 6.08 Å². The van der Waals surface area contributed by atoms with Crippen LogP contribution in [-0.4, -0.2) is 19.7 Å². The molecule has 0 rings (SSSR count). The lowest BCUT2D eigenvalue weighted by Gasteiger charge is -1.96. The molecule has 0 spiro atoms. The van der Waals surface area contributed by atoms with E-state index in [0.29, 0.717) is 6.54 Å². The van der Waals surface area contributed by atoms with E-state index in [4.69, 9.17) is 11.6 Å². The first-order valence-electron chi connectivity index (χ1n) is 2.62. The Morgan fingerprint density at radius 2 is 2.60 bits per heavy atom. The van der Waals surface area contributed by atoms with Crippen LogP contribution in [0.3, 0.4) is 0 Å². The fraction of sp³-hybridized carbons (Fsp3) is 0.333. The third-order valence-electron chi connectivity index (χ3n) is 0.715. The largest absolute Gasteiger partial charge is 0.453 e. The van der Waals surface area contributed by atoms with Crippen molar-refractivity contribution < 1.29 is 9.53 Å². The normalized spacial score (nSPS) is 7.40. The molecule has 0 heterocycles. The Bertz CT molecular complexity index is 159. The third kappa shape index (κ3) is 5.22. The maximum Gasteiger partial charge on any atom is 0.407 e. The minimum Gasteiger partial charge on any atom is -0.453 e. The molecular weight excluding hydrogens is 154 g/mol. The second-order valence-corrected chi connectivity index (χ2v) is 1.57. The third-order valence-corrected chi connectivity index (χ3v) is 0.841. The number of ether oxygens (including phenoxy) is 1. The maximum atomic E-state index is 10.4. The van der Waals surface area contributed by atoms with Crippen molar-refractivity contribution in [1.29, 1.82) is 0 Å². The molecule has 0 aliphatic heterocycles. The highest BCUT2D eigenvalue weighted by atomic mass is 35.5. The summed E-state index contributed by atoms with van der Waals surface area (Å²) in [6.07, 6.45) is 1.11. The molecule has 56 valence electrons. The van der Waals surface area contributed by atoms with Gasteiger partial charge in [-0.2, -0.15) is 0 Å². The highest BCUT2D eigenvalue weighted by molar-refractivity contribution is 6.25. The van der Waals surface area contributed by atoms with Gasteiger partial charge in [0.15, 0.2) is 0 Å². The molecule has 0 atom stereocenters. The molecule has 0 fully saturated rings. The quantitative estimate of drug-likeness (QED) is 0.619. The fourth-order valence-electron chi connectivity index (χ4n) is 0.310. The van der Waals surface area contributed by atoms with Gasteiger partial charge < -0.3 is 10.1 Å². The zero-order chi connectivity index (χ0) is 7.82. The van der Waals surface area contributed by atoms with Crippen molar-refractivity contribution in [2.45, 2.75) is 0 Å². The van der Waals surface area contributed by atoms with Crippen molar-refractivity contribution in [1.82, 2.24) is 5.32 Å². The molecule has 0 aliphatic rings. The zero-order valence-corrected chi connectivity index (χ0v) is 6.31. The number of carbonyl (C=O) groups excluding carboxylic acids is 1. The number of alkyl carbamates (subject to hydrolysis) is 1.